The van der Waals surface area contributed by atoms with Gasteiger partial charge in [-0.2, -0.15) is 0 Å². The monoisotopic (exact) mass is 409 g/mol. The van der Waals surface area contributed by atoms with Crippen LogP contribution in [0, 0.1) is 0 Å². The number of carbonyl (C=O) groups is 2. The maximum absolute atomic E-state index is 12.3. The third kappa shape index (κ3) is 6.70. The first kappa shape index (κ1) is 23.6. The predicted octanol–water partition coefficient (Wildman–Crippen LogP) is 4.08. The van der Waals surface area contributed by atoms with Crippen LogP contribution in [-0.2, 0) is 27.0 Å². The van der Waals surface area contributed by atoms with Crippen LogP contribution in [-0.4, -0.2) is 37.4 Å². The molecule has 0 aliphatic carbocycles. The highest BCUT2D eigenvalue weighted by molar-refractivity contribution is 6.39. The summed E-state index contributed by atoms with van der Waals surface area (Å²) in [5.41, 5.74) is 3.87. The number of rotatable bonds is 6. The lowest BCUT2D eigenvalue weighted by molar-refractivity contribution is -0.136. The Kier molecular flexibility index (Phi) is 7.43. The van der Waals surface area contributed by atoms with E-state index in [4.69, 9.17) is 0 Å². The molecule has 0 saturated heterocycles. The Labute approximate surface area is 180 Å². The minimum absolute atomic E-state index is 0.0961. The molecule has 0 aromatic heterocycles. The molecule has 0 fully saturated rings. The second-order valence-corrected chi connectivity index (χ2v) is 9.79. The van der Waals surface area contributed by atoms with Crippen molar-refractivity contribution in [3.63, 3.8) is 0 Å². The van der Waals surface area contributed by atoms with E-state index in [2.05, 4.69) is 69.5 Å². The van der Waals surface area contributed by atoms with Crippen LogP contribution in [0.4, 0.5) is 5.69 Å². The smallest absolute Gasteiger partial charge is 0.313 e. The van der Waals surface area contributed by atoms with E-state index in [-0.39, 0.29) is 10.8 Å². The lowest BCUT2D eigenvalue weighted by Crippen LogP contribution is -2.42. The minimum Gasteiger partial charge on any atom is -0.347 e. The molecule has 0 heterocycles. The number of hydrogen-bond donors (Lipinski definition) is 2. The molecule has 5 nitrogen and oxygen atoms in total. The third-order valence-electron chi connectivity index (χ3n) is 5.11. The van der Waals surface area contributed by atoms with E-state index in [0.717, 1.165) is 17.7 Å². The lowest BCUT2D eigenvalue weighted by atomic mass is 9.81. The highest BCUT2D eigenvalue weighted by Crippen LogP contribution is 2.27. The summed E-state index contributed by atoms with van der Waals surface area (Å²) in [6.07, 6.45) is 0. The standard InChI is InChI=1S/C25H35N3O2/c1-24(2,3)19-11-13-20(14-12-19)25(4,5)17-26-22(29)23(30)27-21-10-8-9-18(15-21)16-28(6)7/h8-15H,16-17H2,1-7H3,(H,26,29)(H,27,30). The van der Waals surface area contributed by atoms with Crippen molar-refractivity contribution in [1.82, 2.24) is 10.2 Å². The van der Waals surface area contributed by atoms with Crippen LogP contribution >= 0.6 is 0 Å². The minimum atomic E-state index is -0.657. The summed E-state index contributed by atoms with van der Waals surface area (Å²) < 4.78 is 0. The van der Waals surface area contributed by atoms with Crippen molar-refractivity contribution < 1.29 is 9.59 Å². The van der Waals surface area contributed by atoms with Gasteiger partial charge in [0, 0.05) is 24.2 Å². The van der Waals surface area contributed by atoms with Crippen LogP contribution in [0.25, 0.3) is 0 Å². The van der Waals surface area contributed by atoms with Gasteiger partial charge >= 0.3 is 11.8 Å². The van der Waals surface area contributed by atoms with Crippen LogP contribution in [0.5, 0.6) is 0 Å². The highest BCUT2D eigenvalue weighted by Gasteiger charge is 2.24. The van der Waals surface area contributed by atoms with Crippen LogP contribution in [0.2, 0.25) is 0 Å². The largest absolute Gasteiger partial charge is 0.347 e. The summed E-state index contributed by atoms with van der Waals surface area (Å²) in [7, 11) is 3.97. The second kappa shape index (κ2) is 9.43. The number of carbonyl (C=O) groups excluding carboxylic acids is 2. The molecular weight excluding hydrogens is 374 g/mol. The van der Waals surface area contributed by atoms with E-state index < -0.39 is 11.8 Å². The van der Waals surface area contributed by atoms with Crippen LogP contribution in [0.3, 0.4) is 0 Å². The molecule has 2 aromatic rings. The molecule has 0 aliphatic rings. The van der Waals surface area contributed by atoms with Gasteiger partial charge in [-0.05, 0) is 48.3 Å². The molecule has 0 radical (unpaired) electrons. The van der Waals surface area contributed by atoms with Gasteiger partial charge in [-0.1, -0.05) is 71.0 Å². The van der Waals surface area contributed by atoms with Crippen molar-refractivity contribution in [3.8, 4) is 0 Å². The average Bonchev–Trinajstić information content (AvgIpc) is 2.65. The molecule has 0 aliphatic heterocycles. The van der Waals surface area contributed by atoms with Crippen LogP contribution in [0.1, 0.15) is 51.3 Å². The zero-order valence-corrected chi connectivity index (χ0v) is 19.3. The van der Waals surface area contributed by atoms with Gasteiger partial charge in [0.15, 0.2) is 0 Å². The van der Waals surface area contributed by atoms with Gasteiger partial charge < -0.3 is 15.5 Å². The summed E-state index contributed by atoms with van der Waals surface area (Å²) in [6.45, 7) is 11.8. The predicted molar refractivity (Wildman–Crippen MR) is 124 cm³/mol. The molecule has 0 unspecified atom stereocenters. The fourth-order valence-corrected chi connectivity index (χ4v) is 3.21. The molecule has 162 valence electrons. The first-order valence-corrected chi connectivity index (χ1v) is 10.3. The molecule has 2 rings (SSSR count). The number of amides is 2. The van der Waals surface area contributed by atoms with Gasteiger partial charge in [-0.15, -0.1) is 0 Å². The maximum atomic E-state index is 12.3. The number of nitrogens with zero attached hydrogens (tertiary/aromatic N) is 1. The van der Waals surface area contributed by atoms with Crippen molar-refractivity contribution in [2.45, 2.75) is 52.0 Å². The molecule has 2 N–H and O–H groups in total. The molecule has 30 heavy (non-hydrogen) atoms. The number of nitrogens with one attached hydrogen (secondary N) is 2. The van der Waals surface area contributed by atoms with E-state index in [0.29, 0.717) is 12.2 Å². The summed E-state index contributed by atoms with van der Waals surface area (Å²) in [5, 5.41) is 5.46. The SMILES string of the molecule is CN(C)Cc1cccc(NC(=O)C(=O)NCC(C)(C)c2ccc(C(C)(C)C)cc2)c1. The van der Waals surface area contributed by atoms with Crippen LogP contribution < -0.4 is 10.6 Å². The Morgan fingerprint density at radius 2 is 1.47 bits per heavy atom. The van der Waals surface area contributed by atoms with Crippen molar-refractivity contribution in [3.05, 3.63) is 65.2 Å². The Bertz CT molecular complexity index is 878. The topological polar surface area (TPSA) is 61.4 Å². The molecule has 0 spiro atoms. The van der Waals surface area contributed by atoms with Gasteiger partial charge in [0.05, 0.1) is 0 Å². The normalized spacial score (nSPS) is 12.0. The fourth-order valence-electron chi connectivity index (χ4n) is 3.21. The molecule has 5 heteroatoms. The number of anilines is 1. The van der Waals surface area contributed by atoms with E-state index in [9.17, 15) is 9.59 Å². The summed E-state index contributed by atoms with van der Waals surface area (Å²) in [6, 6.07) is 16.0. The van der Waals surface area contributed by atoms with E-state index in [1.165, 1.54) is 5.56 Å². The zero-order valence-electron chi connectivity index (χ0n) is 19.3. The third-order valence-corrected chi connectivity index (χ3v) is 5.11. The van der Waals surface area contributed by atoms with Gasteiger partial charge in [-0.3, -0.25) is 9.59 Å². The van der Waals surface area contributed by atoms with E-state index in [1.807, 2.05) is 37.2 Å². The molecular formula is C25H35N3O2. The van der Waals surface area contributed by atoms with Crippen molar-refractivity contribution in [1.29, 1.82) is 0 Å². The first-order valence-electron chi connectivity index (χ1n) is 10.3. The number of hydrogen-bond acceptors (Lipinski definition) is 3. The van der Waals surface area contributed by atoms with Crippen LogP contribution in [0.15, 0.2) is 48.5 Å². The van der Waals surface area contributed by atoms with Gasteiger partial charge in [0.25, 0.3) is 0 Å². The van der Waals surface area contributed by atoms with Gasteiger partial charge in [-0.25, -0.2) is 0 Å². The quantitative estimate of drug-likeness (QED) is 0.707. The summed E-state index contributed by atoms with van der Waals surface area (Å²) >= 11 is 0. The van der Waals surface area contributed by atoms with E-state index >= 15 is 0 Å². The van der Waals surface area contributed by atoms with Gasteiger partial charge in [0.2, 0.25) is 0 Å². The summed E-state index contributed by atoms with van der Waals surface area (Å²) in [5.74, 6) is -1.29. The maximum Gasteiger partial charge on any atom is 0.313 e. The molecule has 0 atom stereocenters. The highest BCUT2D eigenvalue weighted by atomic mass is 16.2. The average molecular weight is 410 g/mol. The molecule has 2 aromatic carbocycles. The van der Waals surface area contributed by atoms with Crippen molar-refractivity contribution in [2.24, 2.45) is 0 Å². The zero-order chi connectivity index (χ0) is 22.5. The fraction of sp³-hybridized carbons (Fsp3) is 0.440. The summed E-state index contributed by atoms with van der Waals surface area (Å²) in [4.78, 5) is 26.7. The van der Waals surface area contributed by atoms with Crippen molar-refractivity contribution >= 4 is 17.5 Å². The second-order valence-electron chi connectivity index (χ2n) is 9.79. The Balaban J connectivity index is 1.96. The Morgan fingerprint density at radius 3 is 2.03 bits per heavy atom. The van der Waals surface area contributed by atoms with Gasteiger partial charge in [0.1, 0.15) is 0 Å². The molecule has 2 amide bonds. The lowest BCUT2D eigenvalue weighted by Gasteiger charge is -2.27. The first-order chi connectivity index (χ1) is 13.9. The van der Waals surface area contributed by atoms with E-state index in [1.54, 1.807) is 6.07 Å². The number of benzene rings is 2. The van der Waals surface area contributed by atoms with Crippen molar-refractivity contribution in [2.75, 3.05) is 26.0 Å². The molecule has 0 bridgehead atoms. The Hall–Kier alpha value is -2.66. The Morgan fingerprint density at radius 1 is 0.867 bits per heavy atom. The molecule has 0 saturated carbocycles.